The Balaban J connectivity index is 1.88. The van der Waals surface area contributed by atoms with E-state index in [1.54, 1.807) is 0 Å². The molecule has 0 aromatic heterocycles. The zero-order valence-corrected chi connectivity index (χ0v) is 10.2. The standard InChI is InChI=1S/C12H21NO4/c1-12(6-14,7-15)11(16)17-10-2-8-4-13-5-9(8)3-10/h8-10,13-15H,2-7H2,1H3/t8-,9+,10?. The Hall–Kier alpha value is -0.650. The van der Waals surface area contributed by atoms with E-state index in [4.69, 9.17) is 14.9 Å². The number of esters is 1. The van der Waals surface area contributed by atoms with E-state index in [1.807, 2.05) is 0 Å². The quantitative estimate of drug-likeness (QED) is 0.581. The Labute approximate surface area is 101 Å². The number of fused-ring (bicyclic) bond motifs is 1. The van der Waals surface area contributed by atoms with Gasteiger partial charge in [0.05, 0.1) is 13.2 Å². The molecule has 2 fully saturated rings. The second-order valence-corrected chi connectivity index (χ2v) is 5.55. The highest BCUT2D eigenvalue weighted by atomic mass is 16.5. The Morgan fingerprint density at radius 3 is 2.29 bits per heavy atom. The van der Waals surface area contributed by atoms with Crippen LogP contribution in [0.3, 0.4) is 0 Å². The van der Waals surface area contributed by atoms with E-state index >= 15 is 0 Å². The van der Waals surface area contributed by atoms with Crippen molar-refractivity contribution in [1.82, 2.24) is 5.32 Å². The summed E-state index contributed by atoms with van der Waals surface area (Å²) >= 11 is 0. The zero-order chi connectivity index (χ0) is 12.5. The molecule has 0 aromatic carbocycles. The van der Waals surface area contributed by atoms with E-state index in [-0.39, 0.29) is 19.3 Å². The average molecular weight is 243 g/mol. The predicted octanol–water partition coefficient (Wildman–Crippen LogP) is -0.482. The molecule has 2 aliphatic rings. The summed E-state index contributed by atoms with van der Waals surface area (Å²) in [6.07, 6.45) is 1.75. The third-order valence-corrected chi connectivity index (χ3v) is 4.08. The van der Waals surface area contributed by atoms with Crippen LogP contribution in [0.4, 0.5) is 0 Å². The highest BCUT2D eigenvalue weighted by molar-refractivity contribution is 5.76. The Morgan fingerprint density at radius 2 is 1.82 bits per heavy atom. The van der Waals surface area contributed by atoms with Gasteiger partial charge in [-0.1, -0.05) is 0 Å². The molecule has 5 nitrogen and oxygen atoms in total. The van der Waals surface area contributed by atoms with Gasteiger partial charge in [0.15, 0.2) is 0 Å². The summed E-state index contributed by atoms with van der Waals surface area (Å²) in [5.41, 5.74) is -1.17. The van der Waals surface area contributed by atoms with Crippen molar-refractivity contribution >= 4 is 5.97 Å². The topological polar surface area (TPSA) is 78.8 Å². The van der Waals surface area contributed by atoms with Crippen molar-refractivity contribution in [2.24, 2.45) is 17.3 Å². The fourth-order valence-electron chi connectivity index (χ4n) is 2.68. The molecule has 3 atom stereocenters. The number of hydrogen-bond acceptors (Lipinski definition) is 5. The number of nitrogens with one attached hydrogen (secondary N) is 1. The van der Waals surface area contributed by atoms with Gasteiger partial charge >= 0.3 is 5.97 Å². The number of carbonyl (C=O) groups excluding carboxylic acids is 1. The van der Waals surface area contributed by atoms with Gasteiger partial charge in [0.2, 0.25) is 0 Å². The van der Waals surface area contributed by atoms with Crippen molar-refractivity contribution < 1.29 is 19.7 Å². The van der Waals surface area contributed by atoms with Crippen LogP contribution in [0.1, 0.15) is 19.8 Å². The summed E-state index contributed by atoms with van der Waals surface area (Å²) in [6, 6.07) is 0. The molecule has 2 rings (SSSR count). The van der Waals surface area contributed by atoms with E-state index in [1.165, 1.54) is 6.92 Å². The van der Waals surface area contributed by atoms with Gasteiger partial charge in [-0.2, -0.15) is 0 Å². The second kappa shape index (κ2) is 4.92. The molecular formula is C12H21NO4. The molecule has 0 spiro atoms. The van der Waals surface area contributed by atoms with Gasteiger partial charge in [-0.05, 0) is 44.7 Å². The van der Waals surface area contributed by atoms with Gasteiger partial charge in [-0.15, -0.1) is 0 Å². The average Bonchev–Trinajstić information content (AvgIpc) is 2.88. The molecule has 1 heterocycles. The molecule has 5 heteroatoms. The van der Waals surface area contributed by atoms with E-state index in [2.05, 4.69) is 5.32 Å². The molecule has 1 aliphatic heterocycles. The lowest BCUT2D eigenvalue weighted by molar-refractivity contribution is -0.165. The Kier molecular flexibility index (Phi) is 3.70. The van der Waals surface area contributed by atoms with Crippen LogP contribution in [0.25, 0.3) is 0 Å². The third kappa shape index (κ3) is 2.46. The zero-order valence-electron chi connectivity index (χ0n) is 10.2. The maximum atomic E-state index is 11.8. The van der Waals surface area contributed by atoms with Crippen molar-refractivity contribution in [3.63, 3.8) is 0 Å². The summed E-state index contributed by atoms with van der Waals surface area (Å²) in [4.78, 5) is 11.8. The monoisotopic (exact) mass is 243 g/mol. The van der Waals surface area contributed by atoms with E-state index in [0.29, 0.717) is 11.8 Å². The number of carbonyl (C=O) groups is 1. The second-order valence-electron chi connectivity index (χ2n) is 5.55. The van der Waals surface area contributed by atoms with Crippen LogP contribution < -0.4 is 5.32 Å². The molecule has 1 saturated heterocycles. The number of rotatable bonds is 4. The molecule has 0 amide bonds. The van der Waals surface area contributed by atoms with Crippen LogP contribution in [0.5, 0.6) is 0 Å². The highest BCUT2D eigenvalue weighted by Crippen LogP contribution is 2.36. The van der Waals surface area contributed by atoms with E-state index < -0.39 is 11.4 Å². The Morgan fingerprint density at radius 1 is 1.29 bits per heavy atom. The van der Waals surface area contributed by atoms with Crippen LogP contribution in [0.2, 0.25) is 0 Å². The van der Waals surface area contributed by atoms with Gasteiger partial charge in [0.1, 0.15) is 11.5 Å². The van der Waals surface area contributed by atoms with E-state index in [9.17, 15) is 4.79 Å². The minimum Gasteiger partial charge on any atom is -0.462 e. The van der Waals surface area contributed by atoms with Gasteiger partial charge in [0, 0.05) is 0 Å². The number of aliphatic hydroxyl groups is 2. The molecule has 3 N–H and O–H groups in total. The molecule has 1 unspecified atom stereocenters. The first-order valence-electron chi connectivity index (χ1n) is 6.22. The fourth-order valence-corrected chi connectivity index (χ4v) is 2.68. The summed E-state index contributed by atoms with van der Waals surface area (Å²) < 4.78 is 5.41. The van der Waals surface area contributed by atoms with Crippen LogP contribution in [0.15, 0.2) is 0 Å². The first kappa shape index (κ1) is 12.8. The summed E-state index contributed by atoms with van der Waals surface area (Å²) in [7, 11) is 0. The molecular weight excluding hydrogens is 222 g/mol. The van der Waals surface area contributed by atoms with E-state index in [0.717, 1.165) is 25.9 Å². The molecule has 1 aliphatic carbocycles. The molecule has 0 radical (unpaired) electrons. The van der Waals surface area contributed by atoms with Gasteiger partial charge in [0.25, 0.3) is 0 Å². The molecule has 0 bridgehead atoms. The van der Waals surface area contributed by atoms with Gasteiger partial charge < -0.3 is 20.3 Å². The van der Waals surface area contributed by atoms with Crippen molar-refractivity contribution in [3.8, 4) is 0 Å². The van der Waals surface area contributed by atoms with Gasteiger partial charge in [-0.25, -0.2) is 0 Å². The van der Waals surface area contributed by atoms with Crippen molar-refractivity contribution in [2.45, 2.75) is 25.9 Å². The maximum Gasteiger partial charge on any atom is 0.316 e. The normalized spacial score (nSPS) is 32.5. The minimum atomic E-state index is -1.17. The van der Waals surface area contributed by atoms with Gasteiger partial charge in [-0.3, -0.25) is 4.79 Å². The predicted molar refractivity (Wildman–Crippen MR) is 61.2 cm³/mol. The third-order valence-electron chi connectivity index (χ3n) is 4.08. The first-order valence-corrected chi connectivity index (χ1v) is 6.22. The van der Waals surface area contributed by atoms with Crippen LogP contribution >= 0.6 is 0 Å². The molecule has 0 aromatic rings. The van der Waals surface area contributed by atoms with Crippen molar-refractivity contribution in [2.75, 3.05) is 26.3 Å². The van der Waals surface area contributed by atoms with Crippen LogP contribution in [-0.2, 0) is 9.53 Å². The lowest BCUT2D eigenvalue weighted by atomic mass is 9.93. The fraction of sp³-hybridized carbons (Fsp3) is 0.917. The minimum absolute atomic E-state index is 0.0444. The maximum absolute atomic E-state index is 11.8. The largest absolute Gasteiger partial charge is 0.462 e. The lowest BCUT2D eigenvalue weighted by Crippen LogP contribution is -2.39. The molecule has 17 heavy (non-hydrogen) atoms. The lowest BCUT2D eigenvalue weighted by Gasteiger charge is -2.25. The number of aliphatic hydroxyl groups excluding tert-OH is 2. The first-order chi connectivity index (χ1) is 8.09. The highest BCUT2D eigenvalue weighted by Gasteiger charge is 2.42. The van der Waals surface area contributed by atoms with Crippen molar-refractivity contribution in [1.29, 1.82) is 0 Å². The summed E-state index contributed by atoms with van der Waals surface area (Å²) in [5, 5.41) is 21.6. The number of hydrogen-bond donors (Lipinski definition) is 3. The molecule has 98 valence electrons. The summed E-state index contributed by atoms with van der Waals surface area (Å²) in [5.74, 6) is 0.741. The number of ether oxygens (including phenoxy) is 1. The van der Waals surface area contributed by atoms with Crippen LogP contribution in [-0.4, -0.2) is 48.6 Å². The summed E-state index contributed by atoms with van der Waals surface area (Å²) in [6.45, 7) is 2.77. The SMILES string of the molecule is CC(CO)(CO)C(=O)OC1C[C@H]2CNC[C@H]2C1. The smallest absolute Gasteiger partial charge is 0.316 e. The van der Waals surface area contributed by atoms with Crippen molar-refractivity contribution in [3.05, 3.63) is 0 Å². The van der Waals surface area contributed by atoms with Crippen LogP contribution in [0, 0.1) is 17.3 Å². The Bertz CT molecular complexity index is 278. The molecule has 1 saturated carbocycles.